The zero-order chi connectivity index (χ0) is 15.5. The van der Waals surface area contributed by atoms with Gasteiger partial charge in [0.05, 0.1) is 11.4 Å². The first kappa shape index (κ1) is 16.6. The van der Waals surface area contributed by atoms with Gasteiger partial charge in [0.1, 0.15) is 0 Å². The van der Waals surface area contributed by atoms with Crippen LogP contribution in [0, 0.1) is 6.92 Å². The molecule has 0 radical (unpaired) electrons. The standard InChI is InChI=1S/C13H21N3O3S/c1-10-6-7-11(14-13(17)9-15(2)3)8-12(10)20(18,19)16(4)5/h6-8H,9H2,1-5H3,(H,14,17). The summed E-state index contributed by atoms with van der Waals surface area (Å²) < 4.78 is 25.5. The number of nitrogens with one attached hydrogen (secondary N) is 1. The molecule has 1 amide bonds. The number of likely N-dealkylation sites (N-methyl/N-ethyl adjacent to an activating group) is 1. The molecule has 0 aliphatic heterocycles. The minimum absolute atomic E-state index is 0.188. The summed E-state index contributed by atoms with van der Waals surface area (Å²) in [5.41, 5.74) is 1.12. The molecule has 7 heteroatoms. The molecule has 0 atom stereocenters. The molecule has 6 nitrogen and oxygen atoms in total. The van der Waals surface area contributed by atoms with Gasteiger partial charge in [-0.15, -0.1) is 0 Å². The first-order valence-corrected chi connectivity index (χ1v) is 7.56. The smallest absolute Gasteiger partial charge is 0.242 e. The highest BCUT2D eigenvalue weighted by Crippen LogP contribution is 2.22. The molecule has 0 bridgehead atoms. The van der Waals surface area contributed by atoms with E-state index in [1.54, 1.807) is 38.1 Å². The molecule has 0 spiro atoms. The van der Waals surface area contributed by atoms with Crippen LogP contribution in [0.4, 0.5) is 5.69 Å². The Morgan fingerprint density at radius 2 is 1.80 bits per heavy atom. The lowest BCUT2D eigenvalue weighted by molar-refractivity contribution is -0.116. The second-order valence-electron chi connectivity index (χ2n) is 5.05. The van der Waals surface area contributed by atoms with Crippen molar-refractivity contribution in [1.82, 2.24) is 9.21 Å². The molecule has 0 aliphatic rings. The average Bonchev–Trinajstić information content (AvgIpc) is 2.30. The summed E-state index contributed by atoms with van der Waals surface area (Å²) in [5.74, 6) is -0.188. The van der Waals surface area contributed by atoms with Crippen molar-refractivity contribution in [2.24, 2.45) is 0 Å². The highest BCUT2D eigenvalue weighted by atomic mass is 32.2. The zero-order valence-corrected chi connectivity index (χ0v) is 13.3. The van der Waals surface area contributed by atoms with Crippen LogP contribution in [0.15, 0.2) is 23.1 Å². The van der Waals surface area contributed by atoms with E-state index in [0.717, 1.165) is 4.31 Å². The van der Waals surface area contributed by atoms with E-state index in [1.807, 2.05) is 0 Å². The molecule has 0 aliphatic carbocycles. The Morgan fingerprint density at radius 3 is 2.30 bits per heavy atom. The number of sulfonamides is 1. The number of hydrogen-bond donors (Lipinski definition) is 1. The van der Waals surface area contributed by atoms with E-state index in [9.17, 15) is 13.2 Å². The summed E-state index contributed by atoms with van der Waals surface area (Å²) in [6.07, 6.45) is 0. The van der Waals surface area contributed by atoms with Crippen molar-refractivity contribution >= 4 is 21.6 Å². The number of carbonyl (C=O) groups excluding carboxylic acids is 1. The summed E-state index contributed by atoms with van der Waals surface area (Å²) in [7, 11) is 3.02. The summed E-state index contributed by atoms with van der Waals surface area (Å²) in [4.78, 5) is 13.6. The highest BCUT2D eigenvalue weighted by molar-refractivity contribution is 7.89. The Labute approximate surface area is 120 Å². The van der Waals surface area contributed by atoms with E-state index in [-0.39, 0.29) is 17.3 Å². The van der Waals surface area contributed by atoms with Crippen molar-refractivity contribution in [3.8, 4) is 0 Å². The normalized spacial score (nSPS) is 11.9. The van der Waals surface area contributed by atoms with Crippen molar-refractivity contribution in [3.63, 3.8) is 0 Å². The number of hydrogen-bond acceptors (Lipinski definition) is 4. The Hall–Kier alpha value is -1.44. The van der Waals surface area contributed by atoms with Gasteiger partial charge in [-0.25, -0.2) is 12.7 Å². The van der Waals surface area contributed by atoms with Crippen molar-refractivity contribution in [2.75, 3.05) is 40.1 Å². The number of nitrogens with zero attached hydrogens (tertiary/aromatic N) is 2. The maximum absolute atomic E-state index is 12.2. The molecule has 1 rings (SSSR count). The van der Waals surface area contributed by atoms with Crippen molar-refractivity contribution in [2.45, 2.75) is 11.8 Å². The lowest BCUT2D eigenvalue weighted by Gasteiger charge is -2.15. The molecule has 0 heterocycles. The fraction of sp³-hybridized carbons (Fsp3) is 0.462. The number of anilines is 1. The van der Waals surface area contributed by atoms with Crippen LogP contribution < -0.4 is 5.32 Å². The van der Waals surface area contributed by atoms with E-state index >= 15 is 0 Å². The zero-order valence-electron chi connectivity index (χ0n) is 12.5. The fourth-order valence-corrected chi connectivity index (χ4v) is 2.78. The van der Waals surface area contributed by atoms with Crippen molar-refractivity contribution < 1.29 is 13.2 Å². The molecule has 0 fully saturated rings. The van der Waals surface area contributed by atoms with E-state index in [0.29, 0.717) is 11.3 Å². The lowest BCUT2D eigenvalue weighted by atomic mass is 10.2. The van der Waals surface area contributed by atoms with Gasteiger partial charge in [-0.3, -0.25) is 4.79 Å². The summed E-state index contributed by atoms with van der Waals surface area (Å²) in [5, 5.41) is 2.69. The van der Waals surface area contributed by atoms with Crippen LogP contribution in [0.2, 0.25) is 0 Å². The van der Waals surface area contributed by atoms with Gasteiger partial charge in [0.15, 0.2) is 0 Å². The Balaban J connectivity index is 3.07. The van der Waals surface area contributed by atoms with Crippen LogP contribution in [0.25, 0.3) is 0 Å². The third-order valence-electron chi connectivity index (χ3n) is 2.69. The molecule has 112 valence electrons. The van der Waals surface area contributed by atoms with Gasteiger partial charge < -0.3 is 10.2 Å². The predicted molar refractivity (Wildman–Crippen MR) is 79.2 cm³/mol. The first-order chi connectivity index (χ1) is 9.14. The van der Waals surface area contributed by atoms with Gasteiger partial charge in [-0.1, -0.05) is 6.07 Å². The molecule has 1 aromatic carbocycles. The number of benzene rings is 1. The Bertz CT molecular complexity index is 595. The molecule has 0 aromatic heterocycles. The largest absolute Gasteiger partial charge is 0.325 e. The molecule has 20 heavy (non-hydrogen) atoms. The molecule has 0 unspecified atom stereocenters. The molecule has 0 saturated carbocycles. The summed E-state index contributed by atoms with van der Waals surface area (Å²) in [6.45, 7) is 1.96. The lowest BCUT2D eigenvalue weighted by Crippen LogP contribution is -2.27. The van der Waals surface area contributed by atoms with Crippen LogP contribution in [0.5, 0.6) is 0 Å². The van der Waals surface area contributed by atoms with Gasteiger partial charge in [0.25, 0.3) is 0 Å². The third kappa shape index (κ3) is 4.03. The molecule has 1 N–H and O–H groups in total. The van der Waals surface area contributed by atoms with Crippen LogP contribution in [0.3, 0.4) is 0 Å². The number of amides is 1. The van der Waals surface area contributed by atoms with E-state index in [2.05, 4.69) is 5.32 Å². The monoisotopic (exact) mass is 299 g/mol. The number of rotatable bonds is 5. The summed E-state index contributed by atoms with van der Waals surface area (Å²) >= 11 is 0. The van der Waals surface area contributed by atoms with Crippen LogP contribution >= 0.6 is 0 Å². The van der Waals surface area contributed by atoms with Crippen LogP contribution in [0.1, 0.15) is 5.56 Å². The SMILES string of the molecule is Cc1ccc(NC(=O)CN(C)C)cc1S(=O)(=O)N(C)C. The van der Waals surface area contributed by atoms with Crippen molar-refractivity contribution in [3.05, 3.63) is 23.8 Å². The highest BCUT2D eigenvalue weighted by Gasteiger charge is 2.20. The van der Waals surface area contributed by atoms with E-state index in [1.165, 1.54) is 20.2 Å². The minimum Gasteiger partial charge on any atom is -0.325 e. The maximum atomic E-state index is 12.2. The second kappa shape index (κ2) is 6.34. The van der Waals surface area contributed by atoms with Gasteiger partial charge in [0, 0.05) is 19.8 Å². The van der Waals surface area contributed by atoms with E-state index < -0.39 is 10.0 Å². The molecule has 1 aromatic rings. The van der Waals surface area contributed by atoms with Gasteiger partial charge in [0.2, 0.25) is 15.9 Å². The van der Waals surface area contributed by atoms with Crippen LogP contribution in [-0.4, -0.2) is 58.3 Å². The average molecular weight is 299 g/mol. The van der Waals surface area contributed by atoms with Gasteiger partial charge in [-0.05, 0) is 38.7 Å². The first-order valence-electron chi connectivity index (χ1n) is 6.12. The fourth-order valence-electron chi connectivity index (χ4n) is 1.64. The maximum Gasteiger partial charge on any atom is 0.242 e. The molecule has 0 saturated heterocycles. The van der Waals surface area contributed by atoms with Crippen LogP contribution in [-0.2, 0) is 14.8 Å². The van der Waals surface area contributed by atoms with Gasteiger partial charge >= 0.3 is 0 Å². The van der Waals surface area contributed by atoms with E-state index in [4.69, 9.17) is 0 Å². The van der Waals surface area contributed by atoms with Gasteiger partial charge in [-0.2, -0.15) is 0 Å². The Morgan fingerprint density at radius 1 is 1.20 bits per heavy atom. The topological polar surface area (TPSA) is 69.7 Å². The summed E-state index contributed by atoms with van der Waals surface area (Å²) in [6, 6.07) is 4.86. The number of carbonyl (C=O) groups is 1. The number of aryl methyl sites for hydroxylation is 1. The second-order valence-corrected chi connectivity index (χ2v) is 7.17. The third-order valence-corrected chi connectivity index (χ3v) is 4.65. The predicted octanol–water partition coefficient (Wildman–Crippen LogP) is 0.745. The minimum atomic E-state index is -3.52. The quantitative estimate of drug-likeness (QED) is 0.871. The van der Waals surface area contributed by atoms with Crippen molar-refractivity contribution in [1.29, 1.82) is 0 Å². The molecular weight excluding hydrogens is 278 g/mol. The Kier molecular flexibility index (Phi) is 5.27. The molecular formula is C13H21N3O3S.